The Morgan fingerprint density at radius 3 is 2.90 bits per heavy atom. The van der Waals surface area contributed by atoms with Crippen molar-refractivity contribution in [2.24, 2.45) is 5.92 Å². The molecule has 3 rings (SSSR count). The second-order valence-electron chi connectivity index (χ2n) is 5.81. The highest BCUT2D eigenvalue weighted by Crippen LogP contribution is 2.36. The molecule has 2 fully saturated rings. The van der Waals surface area contributed by atoms with E-state index in [1.54, 1.807) is 12.1 Å². The number of amides is 1. The number of carbonyl (C=O) groups excluding carboxylic acids is 1. The largest absolute Gasteiger partial charge is 0.482 e. The predicted molar refractivity (Wildman–Crippen MR) is 78.4 cm³/mol. The lowest BCUT2D eigenvalue weighted by molar-refractivity contribution is -0.138. The van der Waals surface area contributed by atoms with E-state index < -0.39 is 0 Å². The molecule has 0 radical (unpaired) electrons. The van der Waals surface area contributed by atoms with Crippen molar-refractivity contribution in [3.63, 3.8) is 0 Å². The van der Waals surface area contributed by atoms with Gasteiger partial charge in [-0.1, -0.05) is 18.6 Å². The lowest BCUT2D eigenvalue weighted by atomic mass is 9.92. The molecule has 1 saturated heterocycles. The van der Waals surface area contributed by atoms with E-state index >= 15 is 0 Å². The zero-order valence-electron chi connectivity index (χ0n) is 11.8. The van der Waals surface area contributed by atoms with E-state index in [4.69, 9.17) is 10.5 Å². The van der Waals surface area contributed by atoms with E-state index in [9.17, 15) is 4.79 Å². The van der Waals surface area contributed by atoms with Crippen molar-refractivity contribution in [2.75, 3.05) is 18.9 Å². The van der Waals surface area contributed by atoms with E-state index in [2.05, 4.69) is 0 Å². The van der Waals surface area contributed by atoms with Gasteiger partial charge in [-0.25, -0.2) is 0 Å². The Balaban J connectivity index is 1.60. The van der Waals surface area contributed by atoms with E-state index in [1.807, 2.05) is 17.0 Å². The average molecular weight is 274 g/mol. The summed E-state index contributed by atoms with van der Waals surface area (Å²) in [6.45, 7) is 0.977. The van der Waals surface area contributed by atoms with Crippen LogP contribution in [-0.4, -0.2) is 30.0 Å². The first kappa shape index (κ1) is 13.3. The van der Waals surface area contributed by atoms with Crippen LogP contribution in [0.2, 0.25) is 0 Å². The molecule has 0 bridgehead atoms. The zero-order valence-corrected chi connectivity index (χ0v) is 11.8. The number of anilines is 1. The summed E-state index contributed by atoms with van der Waals surface area (Å²) in [6.07, 6.45) is 6.09. The second kappa shape index (κ2) is 5.73. The molecule has 1 amide bonds. The van der Waals surface area contributed by atoms with Gasteiger partial charge in [0.15, 0.2) is 6.61 Å². The van der Waals surface area contributed by atoms with Crippen LogP contribution in [0.5, 0.6) is 5.75 Å². The van der Waals surface area contributed by atoms with Crippen molar-refractivity contribution in [3.8, 4) is 5.75 Å². The highest BCUT2D eigenvalue weighted by molar-refractivity contribution is 5.78. The van der Waals surface area contributed by atoms with E-state index in [-0.39, 0.29) is 12.5 Å². The number of hydrogen-bond acceptors (Lipinski definition) is 3. The minimum absolute atomic E-state index is 0.0947. The number of rotatable bonds is 3. The molecular weight excluding hydrogens is 252 g/mol. The summed E-state index contributed by atoms with van der Waals surface area (Å²) in [4.78, 5) is 14.4. The molecule has 1 aromatic carbocycles. The SMILES string of the molecule is Nc1ccccc1OCC(=O)N1CCCC2CCCC21. The molecule has 2 atom stereocenters. The van der Waals surface area contributed by atoms with Crippen LogP contribution in [0.15, 0.2) is 24.3 Å². The monoisotopic (exact) mass is 274 g/mol. The number of carbonyl (C=O) groups is 1. The molecular formula is C16H22N2O2. The molecule has 2 aliphatic rings. The number of benzene rings is 1. The van der Waals surface area contributed by atoms with E-state index in [1.165, 1.54) is 19.3 Å². The highest BCUT2D eigenvalue weighted by atomic mass is 16.5. The third-order valence-corrected chi connectivity index (χ3v) is 4.58. The molecule has 2 N–H and O–H groups in total. The number of hydrogen-bond donors (Lipinski definition) is 1. The van der Waals surface area contributed by atoms with Gasteiger partial charge >= 0.3 is 0 Å². The smallest absolute Gasteiger partial charge is 0.260 e. The first-order chi connectivity index (χ1) is 9.75. The van der Waals surface area contributed by atoms with Gasteiger partial charge < -0.3 is 15.4 Å². The Bertz CT molecular complexity index is 489. The minimum atomic E-state index is 0.0947. The summed E-state index contributed by atoms with van der Waals surface area (Å²) in [5, 5.41) is 0. The molecule has 1 aromatic rings. The first-order valence-electron chi connectivity index (χ1n) is 7.52. The van der Waals surface area contributed by atoms with Gasteiger partial charge in [0, 0.05) is 12.6 Å². The van der Waals surface area contributed by atoms with Crippen molar-refractivity contribution >= 4 is 11.6 Å². The molecule has 108 valence electrons. The molecule has 4 nitrogen and oxygen atoms in total. The topological polar surface area (TPSA) is 55.6 Å². The highest BCUT2D eigenvalue weighted by Gasteiger charge is 2.37. The maximum Gasteiger partial charge on any atom is 0.260 e. The Labute approximate surface area is 119 Å². The van der Waals surface area contributed by atoms with Gasteiger partial charge in [0.05, 0.1) is 5.69 Å². The number of piperidine rings is 1. The zero-order chi connectivity index (χ0) is 13.9. The average Bonchev–Trinajstić information content (AvgIpc) is 2.94. The van der Waals surface area contributed by atoms with Crippen LogP contribution in [-0.2, 0) is 4.79 Å². The van der Waals surface area contributed by atoms with Crippen LogP contribution < -0.4 is 10.5 Å². The lowest BCUT2D eigenvalue weighted by Crippen LogP contribution is -2.48. The quantitative estimate of drug-likeness (QED) is 0.861. The first-order valence-corrected chi connectivity index (χ1v) is 7.52. The van der Waals surface area contributed by atoms with Crippen molar-refractivity contribution in [3.05, 3.63) is 24.3 Å². The van der Waals surface area contributed by atoms with Gasteiger partial charge in [-0.3, -0.25) is 4.79 Å². The molecule has 0 spiro atoms. The number of fused-ring (bicyclic) bond motifs is 1. The third-order valence-electron chi connectivity index (χ3n) is 4.58. The van der Waals surface area contributed by atoms with Crippen molar-refractivity contribution in [1.29, 1.82) is 0 Å². The lowest BCUT2D eigenvalue weighted by Gasteiger charge is -2.37. The summed E-state index contributed by atoms with van der Waals surface area (Å²) in [5.74, 6) is 1.42. The molecule has 1 saturated carbocycles. The van der Waals surface area contributed by atoms with Gasteiger partial charge in [0.2, 0.25) is 0 Å². The number of ether oxygens (including phenoxy) is 1. The van der Waals surface area contributed by atoms with Gasteiger partial charge in [0.1, 0.15) is 5.75 Å². The van der Waals surface area contributed by atoms with Gasteiger partial charge in [0.25, 0.3) is 5.91 Å². The minimum Gasteiger partial charge on any atom is -0.482 e. The van der Waals surface area contributed by atoms with Gasteiger partial charge in [-0.2, -0.15) is 0 Å². The number of likely N-dealkylation sites (tertiary alicyclic amines) is 1. The maximum atomic E-state index is 12.4. The molecule has 4 heteroatoms. The molecule has 1 aliphatic heterocycles. The summed E-state index contributed by atoms with van der Waals surface area (Å²) >= 11 is 0. The maximum absolute atomic E-state index is 12.4. The Kier molecular flexibility index (Phi) is 3.81. The standard InChI is InChI=1S/C16H22N2O2/c17-13-7-1-2-9-15(13)20-11-16(19)18-10-4-6-12-5-3-8-14(12)18/h1-2,7,9,12,14H,3-6,8,10-11,17H2. The fourth-order valence-corrected chi connectivity index (χ4v) is 3.60. The summed E-state index contributed by atoms with van der Waals surface area (Å²) in [6, 6.07) is 7.76. The Hall–Kier alpha value is -1.71. The number of nitrogens with two attached hydrogens (primary N) is 1. The van der Waals surface area contributed by atoms with Crippen LogP contribution in [0.25, 0.3) is 0 Å². The van der Waals surface area contributed by atoms with E-state index in [0.717, 1.165) is 25.3 Å². The number of nitrogen functional groups attached to an aromatic ring is 1. The van der Waals surface area contributed by atoms with Crippen LogP contribution in [0.1, 0.15) is 32.1 Å². The van der Waals surface area contributed by atoms with Gasteiger partial charge in [-0.15, -0.1) is 0 Å². The van der Waals surface area contributed by atoms with Crippen LogP contribution in [0.3, 0.4) is 0 Å². The second-order valence-corrected chi connectivity index (χ2v) is 5.81. The molecule has 1 heterocycles. The Morgan fingerprint density at radius 2 is 2.05 bits per heavy atom. The predicted octanol–water partition coefficient (Wildman–Crippen LogP) is 2.44. The molecule has 20 heavy (non-hydrogen) atoms. The van der Waals surface area contributed by atoms with Gasteiger partial charge in [-0.05, 0) is 43.7 Å². The summed E-state index contributed by atoms with van der Waals surface area (Å²) in [7, 11) is 0. The van der Waals surface area contributed by atoms with Crippen molar-refractivity contribution < 1.29 is 9.53 Å². The van der Waals surface area contributed by atoms with Crippen LogP contribution >= 0.6 is 0 Å². The molecule has 2 unspecified atom stereocenters. The van der Waals surface area contributed by atoms with Crippen molar-refractivity contribution in [1.82, 2.24) is 4.90 Å². The van der Waals surface area contributed by atoms with Crippen LogP contribution in [0, 0.1) is 5.92 Å². The summed E-state index contributed by atoms with van der Waals surface area (Å²) in [5.41, 5.74) is 6.40. The fraction of sp³-hybridized carbons (Fsp3) is 0.562. The van der Waals surface area contributed by atoms with Crippen molar-refractivity contribution in [2.45, 2.75) is 38.1 Å². The third kappa shape index (κ3) is 2.60. The Morgan fingerprint density at radius 1 is 1.25 bits per heavy atom. The molecule has 1 aliphatic carbocycles. The van der Waals surface area contributed by atoms with E-state index in [0.29, 0.717) is 17.5 Å². The van der Waals surface area contributed by atoms with Crippen LogP contribution in [0.4, 0.5) is 5.69 Å². The number of para-hydroxylation sites is 2. The summed E-state index contributed by atoms with van der Waals surface area (Å²) < 4.78 is 5.58. The fourth-order valence-electron chi connectivity index (χ4n) is 3.60. The molecule has 0 aromatic heterocycles. The normalized spacial score (nSPS) is 25.3. The number of nitrogens with zero attached hydrogens (tertiary/aromatic N) is 1.